The van der Waals surface area contributed by atoms with Gasteiger partial charge in [-0.2, -0.15) is 0 Å². The summed E-state index contributed by atoms with van der Waals surface area (Å²) in [7, 11) is 1.49. The Bertz CT molecular complexity index is 782. The van der Waals surface area contributed by atoms with Gasteiger partial charge in [0.15, 0.2) is 0 Å². The van der Waals surface area contributed by atoms with Gasteiger partial charge in [0.05, 0.1) is 18.2 Å². The third-order valence-corrected chi connectivity index (χ3v) is 6.12. The Kier molecular flexibility index (Phi) is 5.72. The molecule has 2 aliphatic rings. The summed E-state index contributed by atoms with van der Waals surface area (Å²) >= 11 is 8.84. The zero-order valence-electron chi connectivity index (χ0n) is 15.4. The van der Waals surface area contributed by atoms with Crippen molar-refractivity contribution in [3.05, 3.63) is 39.1 Å². The molecule has 1 aliphatic carbocycles. The molecule has 0 bridgehead atoms. The van der Waals surface area contributed by atoms with E-state index in [0.717, 1.165) is 53.3 Å². The van der Waals surface area contributed by atoms with E-state index < -0.39 is 5.54 Å². The molecule has 1 amide bonds. The molecular weight excluding hydrogens is 414 g/mol. The zero-order valence-corrected chi connectivity index (χ0v) is 17.8. The maximum atomic E-state index is 13.1. The van der Waals surface area contributed by atoms with Crippen LogP contribution in [0.25, 0.3) is 5.57 Å². The fraction of sp³-hybridized carbons (Fsp3) is 0.500. The molecule has 1 spiro atoms. The normalized spacial score (nSPS) is 18.8. The Morgan fingerprint density at radius 3 is 2.62 bits per heavy atom. The topological polar surface area (TPSA) is 47.6 Å². The van der Waals surface area contributed by atoms with Crippen LogP contribution in [0.15, 0.2) is 22.4 Å². The molecule has 1 fully saturated rings. The van der Waals surface area contributed by atoms with E-state index in [4.69, 9.17) is 21.7 Å². The Balaban J connectivity index is 2.23. The van der Waals surface area contributed by atoms with Gasteiger partial charge in [-0.05, 0) is 43.4 Å². The summed E-state index contributed by atoms with van der Waals surface area (Å²) in [5.41, 5.74) is 3.25. The zero-order chi connectivity index (χ0) is 18.9. The number of carbonyl (C=O) groups excluding carboxylic acids is 1. The highest BCUT2D eigenvalue weighted by molar-refractivity contribution is 9.10. The van der Waals surface area contributed by atoms with Crippen LogP contribution in [0, 0.1) is 6.92 Å². The summed E-state index contributed by atoms with van der Waals surface area (Å²) in [6, 6.07) is 4.16. The average Bonchev–Trinajstić information content (AvgIpc) is 2.86. The fourth-order valence-electron chi connectivity index (χ4n) is 4.06. The summed E-state index contributed by atoms with van der Waals surface area (Å²) in [4.78, 5) is 13.1. The molecule has 0 radical (unpaired) electrons. The first-order valence-corrected chi connectivity index (χ1v) is 10.2. The molecule has 26 heavy (non-hydrogen) atoms. The van der Waals surface area contributed by atoms with Crippen LogP contribution in [0.2, 0.25) is 0 Å². The molecule has 6 heteroatoms. The van der Waals surface area contributed by atoms with Gasteiger partial charge in [-0.3, -0.25) is 4.79 Å². The second-order valence-corrected chi connectivity index (χ2v) is 8.18. The number of carbonyl (C=O) groups is 1. The van der Waals surface area contributed by atoms with Crippen LogP contribution in [-0.4, -0.2) is 23.8 Å². The van der Waals surface area contributed by atoms with E-state index >= 15 is 0 Å². The van der Waals surface area contributed by atoms with Gasteiger partial charge in [0.25, 0.3) is 5.91 Å². The first kappa shape index (κ1) is 19.4. The summed E-state index contributed by atoms with van der Waals surface area (Å²) in [6.07, 6.45) is 5.81. The number of halogens is 1. The van der Waals surface area contributed by atoms with Crippen molar-refractivity contribution in [2.45, 2.75) is 57.9 Å². The Morgan fingerprint density at radius 1 is 1.31 bits per heavy atom. The van der Waals surface area contributed by atoms with Crippen molar-refractivity contribution in [2.24, 2.45) is 0 Å². The lowest BCUT2D eigenvalue weighted by Gasteiger charge is -2.35. The number of ether oxygens (including phenoxy) is 2. The second kappa shape index (κ2) is 7.69. The number of thiocarbonyl (C=S) groups is 1. The summed E-state index contributed by atoms with van der Waals surface area (Å²) < 4.78 is 12.0. The third-order valence-electron chi connectivity index (χ3n) is 5.25. The summed E-state index contributed by atoms with van der Waals surface area (Å²) in [5.74, 6) is 0.522. The van der Waals surface area contributed by atoms with Crippen molar-refractivity contribution in [1.29, 1.82) is 0 Å². The van der Waals surface area contributed by atoms with Gasteiger partial charge in [0, 0.05) is 22.3 Å². The van der Waals surface area contributed by atoms with Crippen molar-refractivity contribution >= 4 is 44.9 Å². The minimum atomic E-state index is -0.484. The number of amides is 1. The molecule has 0 atom stereocenters. The molecule has 1 saturated carbocycles. The monoisotopic (exact) mass is 437 g/mol. The van der Waals surface area contributed by atoms with E-state index in [1.54, 1.807) is 0 Å². The molecule has 0 saturated heterocycles. The fourth-order valence-corrected chi connectivity index (χ4v) is 4.96. The number of nitrogens with one attached hydrogen (secondary N) is 1. The van der Waals surface area contributed by atoms with Crippen LogP contribution in [0.4, 0.5) is 0 Å². The lowest BCUT2D eigenvalue weighted by Crippen LogP contribution is -2.46. The highest BCUT2D eigenvalue weighted by atomic mass is 79.9. The van der Waals surface area contributed by atoms with E-state index in [9.17, 15) is 4.79 Å². The van der Waals surface area contributed by atoms with Crippen molar-refractivity contribution < 1.29 is 14.3 Å². The first-order valence-electron chi connectivity index (χ1n) is 9.04. The van der Waals surface area contributed by atoms with Crippen LogP contribution < -0.4 is 5.32 Å². The molecule has 1 N–H and O–H groups in total. The highest BCUT2D eigenvalue weighted by Crippen LogP contribution is 2.45. The molecule has 140 valence electrons. The first-order chi connectivity index (χ1) is 12.4. The Hall–Kier alpha value is -1.40. The molecule has 1 aromatic carbocycles. The molecule has 1 aliphatic heterocycles. The highest BCUT2D eigenvalue weighted by Gasteiger charge is 2.49. The number of methoxy groups -OCH3 is 1. The van der Waals surface area contributed by atoms with Crippen LogP contribution in [0.5, 0.6) is 0 Å². The van der Waals surface area contributed by atoms with Gasteiger partial charge in [-0.15, -0.1) is 0 Å². The lowest BCUT2D eigenvalue weighted by molar-refractivity contribution is -0.116. The molecule has 1 heterocycles. The molecule has 1 aromatic rings. The van der Waals surface area contributed by atoms with E-state index in [2.05, 4.69) is 41.2 Å². The Labute approximate surface area is 168 Å². The third kappa shape index (κ3) is 3.41. The van der Waals surface area contributed by atoms with Gasteiger partial charge in [-0.1, -0.05) is 48.2 Å². The number of rotatable bonds is 3. The van der Waals surface area contributed by atoms with Gasteiger partial charge < -0.3 is 14.8 Å². The molecule has 0 aromatic heterocycles. The van der Waals surface area contributed by atoms with Gasteiger partial charge in [0.2, 0.25) is 0 Å². The SMILES string of the molecule is CCc1cc(C)cc(Br)c1C1=C(OC(=S)OC)C2(CCCCC2)NC1=O. The van der Waals surface area contributed by atoms with Crippen LogP contribution in [0.3, 0.4) is 0 Å². The quantitative estimate of drug-likeness (QED) is 0.688. The van der Waals surface area contributed by atoms with Crippen molar-refractivity contribution in [3.63, 3.8) is 0 Å². The number of hydrogen-bond acceptors (Lipinski definition) is 4. The minimum Gasteiger partial charge on any atom is -0.460 e. The molecular formula is C20H24BrNO3S. The molecule has 0 unspecified atom stereocenters. The minimum absolute atomic E-state index is 0.0419. The van der Waals surface area contributed by atoms with Gasteiger partial charge >= 0.3 is 5.24 Å². The Morgan fingerprint density at radius 2 is 2.00 bits per heavy atom. The lowest BCUT2D eigenvalue weighted by atomic mass is 9.80. The number of benzene rings is 1. The van der Waals surface area contributed by atoms with E-state index in [0.29, 0.717) is 11.3 Å². The predicted octanol–water partition coefficient (Wildman–Crippen LogP) is 4.81. The van der Waals surface area contributed by atoms with Crippen LogP contribution >= 0.6 is 28.1 Å². The largest absolute Gasteiger partial charge is 0.460 e. The van der Waals surface area contributed by atoms with E-state index in [-0.39, 0.29) is 11.1 Å². The molecule has 3 rings (SSSR count). The van der Waals surface area contributed by atoms with E-state index in [1.807, 2.05) is 6.07 Å². The van der Waals surface area contributed by atoms with E-state index in [1.165, 1.54) is 13.5 Å². The van der Waals surface area contributed by atoms with Crippen LogP contribution in [0.1, 0.15) is 55.7 Å². The average molecular weight is 438 g/mol. The van der Waals surface area contributed by atoms with Crippen molar-refractivity contribution in [1.82, 2.24) is 5.32 Å². The smallest absolute Gasteiger partial charge is 0.357 e. The van der Waals surface area contributed by atoms with Gasteiger partial charge in [0.1, 0.15) is 5.76 Å². The number of hydrogen-bond donors (Lipinski definition) is 1. The second-order valence-electron chi connectivity index (χ2n) is 6.99. The van der Waals surface area contributed by atoms with Gasteiger partial charge in [-0.25, -0.2) is 0 Å². The maximum absolute atomic E-state index is 13.1. The van der Waals surface area contributed by atoms with Crippen LogP contribution in [-0.2, 0) is 20.7 Å². The number of aryl methyl sites for hydroxylation is 2. The van der Waals surface area contributed by atoms with Crippen molar-refractivity contribution in [3.8, 4) is 0 Å². The summed E-state index contributed by atoms with van der Waals surface area (Å²) in [6.45, 7) is 4.14. The predicted molar refractivity (Wildman–Crippen MR) is 110 cm³/mol. The standard InChI is InChI=1S/C20H24BrNO3S/c1-4-13-10-12(2)11-14(21)15(13)16-17(25-19(26)24-3)20(22-18(16)23)8-6-5-7-9-20/h10-11H,4-9H2,1-3H3,(H,22,23). The summed E-state index contributed by atoms with van der Waals surface area (Å²) in [5, 5.41) is 3.26. The maximum Gasteiger partial charge on any atom is 0.357 e. The van der Waals surface area contributed by atoms with Crippen molar-refractivity contribution in [2.75, 3.05) is 7.11 Å². The molecule has 4 nitrogen and oxygen atoms in total.